The summed E-state index contributed by atoms with van der Waals surface area (Å²) in [6, 6.07) is 4.52. The molecule has 0 saturated heterocycles. The van der Waals surface area contributed by atoms with E-state index >= 15 is 0 Å². The van der Waals surface area contributed by atoms with Crippen molar-refractivity contribution in [1.29, 1.82) is 0 Å². The molecule has 4 nitrogen and oxygen atoms in total. The van der Waals surface area contributed by atoms with Crippen molar-refractivity contribution < 1.29 is 9.90 Å². The Morgan fingerprint density at radius 2 is 2.24 bits per heavy atom. The molecule has 17 heavy (non-hydrogen) atoms. The summed E-state index contributed by atoms with van der Waals surface area (Å²) in [5.41, 5.74) is 5.68. The number of hydrogen-bond acceptors (Lipinski definition) is 3. The van der Waals surface area contributed by atoms with E-state index in [1.165, 1.54) is 12.1 Å². The maximum Gasteiger partial charge on any atom is 0.244 e. The van der Waals surface area contributed by atoms with E-state index in [1.807, 2.05) is 0 Å². The van der Waals surface area contributed by atoms with E-state index in [1.54, 1.807) is 13.0 Å². The lowest BCUT2D eigenvalue weighted by atomic mass is 9.96. The van der Waals surface area contributed by atoms with Crippen LogP contribution in [0.1, 0.15) is 19.8 Å². The zero-order valence-electron chi connectivity index (χ0n) is 9.53. The minimum absolute atomic E-state index is 0.0117. The summed E-state index contributed by atoms with van der Waals surface area (Å²) in [5, 5.41) is 12.2. The lowest BCUT2D eigenvalue weighted by molar-refractivity contribution is -0.121. The molecule has 1 amide bonds. The monoisotopic (exact) mass is 254 g/mol. The van der Waals surface area contributed by atoms with Crippen LogP contribution >= 0.6 is 11.6 Å². The Balaban J connectivity index is 2.10. The second kappa shape index (κ2) is 4.20. The molecule has 1 saturated carbocycles. The lowest BCUT2D eigenvalue weighted by Crippen LogP contribution is -2.50. The Bertz CT molecular complexity index is 456. The second-order valence-electron chi connectivity index (χ2n) is 4.68. The Kier molecular flexibility index (Phi) is 3.02. The van der Waals surface area contributed by atoms with E-state index in [9.17, 15) is 9.90 Å². The van der Waals surface area contributed by atoms with Gasteiger partial charge in [0.25, 0.3) is 0 Å². The first-order valence-electron chi connectivity index (χ1n) is 5.50. The van der Waals surface area contributed by atoms with E-state index in [4.69, 9.17) is 17.3 Å². The number of phenolic OH excluding ortho intramolecular Hbond substituents is 1. The molecule has 1 unspecified atom stereocenters. The van der Waals surface area contributed by atoms with E-state index in [0.29, 0.717) is 5.69 Å². The van der Waals surface area contributed by atoms with Crippen molar-refractivity contribution in [2.24, 2.45) is 11.7 Å². The number of halogens is 1. The second-order valence-corrected chi connectivity index (χ2v) is 5.08. The topological polar surface area (TPSA) is 75.4 Å². The molecular formula is C12H15ClN2O2. The first kappa shape index (κ1) is 12.2. The maximum absolute atomic E-state index is 12.0. The van der Waals surface area contributed by atoms with Crippen LogP contribution in [0.15, 0.2) is 18.2 Å². The molecule has 0 spiro atoms. The number of carbonyl (C=O) groups is 1. The zero-order chi connectivity index (χ0) is 12.6. The van der Waals surface area contributed by atoms with Gasteiger partial charge in [-0.3, -0.25) is 4.79 Å². The van der Waals surface area contributed by atoms with Crippen molar-refractivity contribution in [3.63, 3.8) is 0 Å². The van der Waals surface area contributed by atoms with Crippen LogP contribution in [0, 0.1) is 5.92 Å². The molecule has 1 aromatic carbocycles. The van der Waals surface area contributed by atoms with E-state index in [2.05, 4.69) is 5.32 Å². The molecule has 1 aromatic rings. The summed E-state index contributed by atoms with van der Waals surface area (Å²) < 4.78 is 0. The molecule has 4 N–H and O–H groups in total. The van der Waals surface area contributed by atoms with Crippen molar-refractivity contribution in [3.05, 3.63) is 23.2 Å². The quantitative estimate of drug-likeness (QED) is 0.723. The van der Waals surface area contributed by atoms with Gasteiger partial charge in [-0.15, -0.1) is 0 Å². The molecule has 2 rings (SSSR count). The van der Waals surface area contributed by atoms with Crippen molar-refractivity contribution in [1.82, 2.24) is 0 Å². The summed E-state index contributed by atoms with van der Waals surface area (Å²) in [6.45, 7) is 1.74. The number of nitrogens with one attached hydrogen (secondary N) is 1. The van der Waals surface area contributed by atoms with Crippen molar-refractivity contribution in [2.75, 3.05) is 5.32 Å². The number of phenols is 1. The standard InChI is InChI=1S/C12H15ClN2O2/c1-12(14,7-2-3-7)11(17)15-8-4-5-10(16)9(13)6-8/h4-7,16H,2-3,14H2,1H3,(H,15,17). The van der Waals surface area contributed by atoms with E-state index in [-0.39, 0.29) is 22.6 Å². The molecule has 0 aromatic heterocycles. The fourth-order valence-electron chi connectivity index (χ4n) is 1.72. The van der Waals surface area contributed by atoms with Gasteiger partial charge in [0.05, 0.1) is 10.6 Å². The summed E-state index contributed by atoms with van der Waals surface area (Å²) >= 11 is 5.75. The van der Waals surface area contributed by atoms with Gasteiger partial charge in [0.1, 0.15) is 5.75 Å². The number of rotatable bonds is 3. The lowest BCUT2D eigenvalue weighted by Gasteiger charge is -2.23. The Morgan fingerprint density at radius 3 is 2.76 bits per heavy atom. The highest BCUT2D eigenvalue weighted by Crippen LogP contribution is 2.38. The molecule has 0 heterocycles. The zero-order valence-corrected chi connectivity index (χ0v) is 10.3. The Morgan fingerprint density at radius 1 is 1.59 bits per heavy atom. The normalized spacial score (nSPS) is 18.5. The van der Waals surface area contributed by atoms with Gasteiger partial charge in [-0.1, -0.05) is 11.6 Å². The van der Waals surface area contributed by atoms with Gasteiger partial charge in [-0.25, -0.2) is 0 Å². The SMILES string of the molecule is CC(N)(C(=O)Nc1ccc(O)c(Cl)c1)C1CC1. The van der Waals surface area contributed by atoms with E-state index < -0.39 is 5.54 Å². The number of hydrogen-bond donors (Lipinski definition) is 3. The van der Waals surface area contributed by atoms with Gasteiger partial charge in [0.15, 0.2) is 0 Å². The number of nitrogens with two attached hydrogens (primary N) is 1. The third kappa shape index (κ3) is 2.53. The van der Waals surface area contributed by atoms with Gasteiger partial charge in [-0.2, -0.15) is 0 Å². The molecule has 5 heteroatoms. The van der Waals surface area contributed by atoms with Crippen molar-refractivity contribution in [3.8, 4) is 5.75 Å². The van der Waals surface area contributed by atoms with Crippen LogP contribution in [0.2, 0.25) is 5.02 Å². The van der Waals surface area contributed by atoms with Gasteiger partial charge < -0.3 is 16.2 Å². The summed E-state index contributed by atoms with van der Waals surface area (Å²) in [6.07, 6.45) is 1.99. The molecule has 1 aliphatic carbocycles. The molecule has 0 aliphatic heterocycles. The van der Waals surface area contributed by atoms with Gasteiger partial charge >= 0.3 is 0 Å². The van der Waals surface area contributed by atoms with Crippen LogP contribution in [-0.2, 0) is 4.79 Å². The molecule has 0 radical (unpaired) electrons. The molecule has 1 aliphatic rings. The predicted octanol–water partition coefficient (Wildman–Crippen LogP) is 2.11. The highest BCUT2D eigenvalue weighted by atomic mass is 35.5. The number of carbonyl (C=O) groups excluding carboxylic acids is 1. The van der Waals surface area contributed by atoms with E-state index in [0.717, 1.165) is 12.8 Å². The number of amides is 1. The fourth-order valence-corrected chi connectivity index (χ4v) is 1.90. The maximum atomic E-state index is 12.0. The van der Waals surface area contributed by atoms with Gasteiger partial charge in [-0.05, 0) is 43.9 Å². The molecular weight excluding hydrogens is 240 g/mol. The molecule has 0 bridgehead atoms. The van der Waals surface area contributed by atoms with Crippen LogP contribution < -0.4 is 11.1 Å². The molecule has 92 valence electrons. The first-order valence-corrected chi connectivity index (χ1v) is 5.88. The Hall–Kier alpha value is -1.26. The van der Waals surface area contributed by atoms with Gasteiger partial charge in [0.2, 0.25) is 5.91 Å². The van der Waals surface area contributed by atoms with Crippen molar-refractivity contribution in [2.45, 2.75) is 25.3 Å². The molecule has 1 fully saturated rings. The highest BCUT2D eigenvalue weighted by molar-refractivity contribution is 6.32. The largest absolute Gasteiger partial charge is 0.506 e. The summed E-state index contributed by atoms with van der Waals surface area (Å²) in [4.78, 5) is 12.0. The fraction of sp³-hybridized carbons (Fsp3) is 0.417. The average Bonchev–Trinajstić information content (AvgIpc) is 3.07. The highest BCUT2D eigenvalue weighted by Gasteiger charge is 2.44. The first-order chi connectivity index (χ1) is 7.91. The van der Waals surface area contributed by atoms with Gasteiger partial charge in [0, 0.05) is 5.69 Å². The van der Waals surface area contributed by atoms with Crippen molar-refractivity contribution >= 4 is 23.2 Å². The molecule has 1 atom stereocenters. The van der Waals surface area contributed by atoms with Crippen LogP contribution in [0.3, 0.4) is 0 Å². The number of anilines is 1. The van der Waals surface area contributed by atoms with Crippen LogP contribution in [0.4, 0.5) is 5.69 Å². The van der Waals surface area contributed by atoms with Crippen LogP contribution in [0.25, 0.3) is 0 Å². The number of aromatic hydroxyl groups is 1. The van der Waals surface area contributed by atoms with Crippen LogP contribution in [-0.4, -0.2) is 16.6 Å². The smallest absolute Gasteiger partial charge is 0.244 e. The Labute approximate surface area is 105 Å². The minimum atomic E-state index is -0.843. The van der Waals surface area contributed by atoms with Crippen LogP contribution in [0.5, 0.6) is 5.75 Å². The number of benzene rings is 1. The summed E-state index contributed by atoms with van der Waals surface area (Å²) in [7, 11) is 0. The predicted molar refractivity (Wildman–Crippen MR) is 67.1 cm³/mol. The third-order valence-electron chi connectivity index (χ3n) is 3.12. The third-order valence-corrected chi connectivity index (χ3v) is 3.42. The summed E-state index contributed by atoms with van der Waals surface area (Å²) in [5.74, 6) is 0.0270. The minimum Gasteiger partial charge on any atom is -0.506 e. The average molecular weight is 255 g/mol.